The van der Waals surface area contributed by atoms with Crippen LogP contribution in [-0.4, -0.2) is 22.6 Å². The molecule has 0 rings (SSSR count). The summed E-state index contributed by atoms with van der Waals surface area (Å²) in [5.74, 6) is 0. The molecular formula is C12H24NO2U. The van der Waals surface area contributed by atoms with E-state index in [9.17, 15) is 0 Å². The van der Waals surface area contributed by atoms with Gasteiger partial charge in [-0.3, -0.25) is 5.21 Å². The van der Waals surface area contributed by atoms with E-state index in [0.717, 1.165) is 18.1 Å². The third kappa shape index (κ3) is 24.0. The predicted molar refractivity (Wildman–Crippen MR) is 63.1 cm³/mol. The molecule has 93 valence electrons. The molecule has 0 aromatic heterocycles. The molecular weight excluding hydrogens is 428 g/mol. The number of hydroxylamine groups is 2. The van der Waals surface area contributed by atoms with Crippen molar-refractivity contribution in [2.24, 2.45) is 0 Å². The van der Waals surface area contributed by atoms with Crippen LogP contribution in [0.2, 0.25) is 0 Å². The Kier molecular flexibility index (Phi) is 28.3. The van der Waals surface area contributed by atoms with Crippen LogP contribution in [0.25, 0.3) is 0 Å². The molecule has 0 unspecified atom stereocenters. The van der Waals surface area contributed by atoms with E-state index >= 15 is 0 Å². The van der Waals surface area contributed by atoms with E-state index in [0.29, 0.717) is 6.54 Å². The molecule has 0 aliphatic rings. The number of terminal acetylenes is 1. The van der Waals surface area contributed by atoms with Gasteiger partial charge in [0.1, 0.15) is 0 Å². The van der Waals surface area contributed by atoms with Crippen LogP contribution in [-0.2, 0) is 4.84 Å². The molecule has 4 heteroatoms. The molecule has 16 heavy (non-hydrogen) atoms. The van der Waals surface area contributed by atoms with Gasteiger partial charge in [0.2, 0.25) is 0 Å². The summed E-state index contributed by atoms with van der Waals surface area (Å²) in [5, 5.41) is 9.70. The van der Waals surface area contributed by atoms with Crippen molar-refractivity contribution in [1.29, 1.82) is 0 Å². The van der Waals surface area contributed by atoms with Crippen molar-refractivity contribution in [3.63, 3.8) is 0 Å². The summed E-state index contributed by atoms with van der Waals surface area (Å²) < 4.78 is 0. The quantitative estimate of drug-likeness (QED) is 0.405. The summed E-state index contributed by atoms with van der Waals surface area (Å²) in [5.41, 5.74) is -0.509. The SMILES string of the molecule is [C-]#C.[CH2-]CC.[CH2-][C@@](C)(CC)ON(O)CC.[U+3]. The first-order chi connectivity index (χ1) is 6.93. The second kappa shape index (κ2) is 17.9. The van der Waals surface area contributed by atoms with Crippen molar-refractivity contribution in [3.8, 4) is 6.42 Å². The van der Waals surface area contributed by atoms with Crippen LogP contribution in [0.15, 0.2) is 0 Å². The first kappa shape index (κ1) is 25.4. The molecule has 3 nitrogen and oxygen atoms in total. The van der Waals surface area contributed by atoms with Crippen LogP contribution in [0.1, 0.15) is 40.5 Å². The van der Waals surface area contributed by atoms with Crippen LogP contribution in [0, 0.1) is 57.8 Å². The van der Waals surface area contributed by atoms with Gasteiger partial charge in [0.25, 0.3) is 0 Å². The number of hydrogen-bond donors (Lipinski definition) is 1. The van der Waals surface area contributed by atoms with Crippen molar-refractivity contribution in [2.45, 2.75) is 46.1 Å². The number of hydrogen-bond acceptors (Lipinski definition) is 3. The molecule has 0 saturated carbocycles. The van der Waals surface area contributed by atoms with Gasteiger partial charge in [-0.2, -0.15) is 6.42 Å². The molecule has 0 fully saturated rings. The smallest absolute Gasteiger partial charge is 0.697 e. The topological polar surface area (TPSA) is 32.7 Å². The van der Waals surface area contributed by atoms with E-state index < -0.39 is 5.60 Å². The Hall–Kier alpha value is 0.492. The molecule has 0 heterocycles. The van der Waals surface area contributed by atoms with Crippen LogP contribution in [0.3, 0.4) is 0 Å². The second-order valence-corrected chi connectivity index (χ2v) is 3.06. The van der Waals surface area contributed by atoms with E-state index in [1.54, 1.807) is 6.92 Å². The Morgan fingerprint density at radius 1 is 1.38 bits per heavy atom. The maximum absolute atomic E-state index is 8.90. The maximum Gasteiger partial charge on any atom is 3.00 e. The summed E-state index contributed by atoms with van der Waals surface area (Å²) >= 11 is 0. The minimum atomic E-state index is -0.509. The van der Waals surface area contributed by atoms with Gasteiger partial charge in [-0.05, 0) is 12.5 Å². The Balaban J connectivity index is -0.000000104. The van der Waals surface area contributed by atoms with Crippen molar-refractivity contribution in [1.82, 2.24) is 5.23 Å². The molecule has 0 spiro atoms. The molecule has 1 atom stereocenters. The molecule has 1 N–H and O–H groups in total. The predicted octanol–water partition coefficient (Wildman–Crippen LogP) is 3.07. The molecule has 0 bridgehead atoms. The zero-order chi connectivity index (χ0) is 12.9. The van der Waals surface area contributed by atoms with Gasteiger partial charge in [-0.15, -0.1) is 0 Å². The largest absolute Gasteiger partial charge is 3.00 e. The minimum Gasteiger partial charge on any atom is -0.697 e. The van der Waals surface area contributed by atoms with Crippen LogP contribution < -0.4 is 0 Å². The Bertz CT molecular complexity index is 138. The molecule has 0 aliphatic heterocycles. The van der Waals surface area contributed by atoms with Gasteiger partial charge in [0.05, 0.1) is 0 Å². The normalized spacial score (nSPS) is 12.1. The van der Waals surface area contributed by atoms with E-state index in [2.05, 4.69) is 20.3 Å². The Morgan fingerprint density at radius 3 is 1.88 bits per heavy atom. The van der Waals surface area contributed by atoms with Gasteiger partial charge in [-0.1, -0.05) is 32.4 Å². The van der Waals surface area contributed by atoms with Crippen molar-refractivity contribution < 1.29 is 41.2 Å². The Morgan fingerprint density at radius 2 is 1.69 bits per heavy atom. The summed E-state index contributed by atoms with van der Waals surface area (Å²) in [6, 6.07) is 0. The van der Waals surface area contributed by atoms with E-state index in [1.807, 2.05) is 20.8 Å². The fourth-order valence-electron chi connectivity index (χ4n) is 0.383. The summed E-state index contributed by atoms with van der Waals surface area (Å²) in [6.07, 6.45) is 10.8. The van der Waals surface area contributed by atoms with Crippen LogP contribution in [0.5, 0.6) is 0 Å². The molecule has 0 aromatic rings. The number of rotatable bonds is 4. The van der Waals surface area contributed by atoms with Gasteiger partial charge in [0.15, 0.2) is 0 Å². The third-order valence-electron chi connectivity index (χ3n) is 1.34. The fraction of sp³-hybridized carbons (Fsp3) is 0.667. The van der Waals surface area contributed by atoms with Crippen molar-refractivity contribution >= 4 is 0 Å². The van der Waals surface area contributed by atoms with Crippen LogP contribution in [0.4, 0.5) is 0 Å². The fourth-order valence-corrected chi connectivity index (χ4v) is 0.383. The van der Waals surface area contributed by atoms with Crippen molar-refractivity contribution in [2.75, 3.05) is 6.54 Å². The standard InChI is InChI=1S/C7H16NO2.C3H7.C2H.U/c1-5-7(3,4)10-8(9)6-2;1-3-2;1-2;/h9H,3,5-6H2,1-2,4H3;1,3H2,2H3;1H;/q3*-1;+3/t7-;;;/m1.../s1. The van der Waals surface area contributed by atoms with Crippen molar-refractivity contribution in [3.05, 3.63) is 20.3 Å². The van der Waals surface area contributed by atoms with Gasteiger partial charge >= 0.3 is 31.1 Å². The van der Waals surface area contributed by atoms with E-state index in [1.165, 1.54) is 0 Å². The minimum absolute atomic E-state index is 0. The van der Waals surface area contributed by atoms with E-state index in [-0.39, 0.29) is 31.1 Å². The first-order valence-electron chi connectivity index (χ1n) is 5.02. The first-order valence-corrected chi connectivity index (χ1v) is 5.02. The average molecular weight is 452 g/mol. The van der Waals surface area contributed by atoms with Crippen LogP contribution >= 0.6 is 0 Å². The zero-order valence-corrected chi connectivity index (χ0v) is 15.1. The molecule has 0 amide bonds. The monoisotopic (exact) mass is 452 g/mol. The summed E-state index contributed by atoms with van der Waals surface area (Å²) in [6.45, 7) is 15.3. The summed E-state index contributed by atoms with van der Waals surface area (Å²) in [4.78, 5) is 5.01. The number of nitrogens with zero attached hydrogens (tertiary/aromatic N) is 1. The van der Waals surface area contributed by atoms with Gasteiger partial charge in [-0.25, -0.2) is 0 Å². The average Bonchev–Trinajstić information content (AvgIpc) is 2.21. The second-order valence-electron chi connectivity index (χ2n) is 3.06. The summed E-state index contributed by atoms with van der Waals surface area (Å²) in [7, 11) is 0. The third-order valence-corrected chi connectivity index (χ3v) is 1.34. The maximum atomic E-state index is 8.90. The van der Waals surface area contributed by atoms with Gasteiger partial charge in [0, 0.05) is 6.54 Å². The molecule has 1 radical (unpaired) electrons. The van der Waals surface area contributed by atoms with Gasteiger partial charge < -0.3 is 31.5 Å². The molecule has 0 aliphatic carbocycles. The Labute approximate surface area is 125 Å². The molecule has 0 saturated heterocycles. The van der Waals surface area contributed by atoms with E-state index in [4.69, 9.17) is 16.5 Å². The molecule has 0 aromatic carbocycles. The zero-order valence-electron chi connectivity index (χ0n) is 10.9.